The maximum absolute atomic E-state index is 12.2. The zero-order valence-corrected chi connectivity index (χ0v) is 12.6. The number of furan rings is 1. The van der Waals surface area contributed by atoms with Crippen molar-refractivity contribution in [1.82, 2.24) is 10.3 Å². The maximum Gasteiger partial charge on any atom is 0.266 e. The quantitative estimate of drug-likeness (QED) is 0.643. The number of hydrogen-bond donors (Lipinski definition) is 3. The van der Waals surface area contributed by atoms with Crippen LogP contribution in [0.3, 0.4) is 0 Å². The molecule has 0 spiro atoms. The van der Waals surface area contributed by atoms with Gasteiger partial charge in [0, 0.05) is 5.56 Å². The molecular formula is C15H14N2O4S. The summed E-state index contributed by atoms with van der Waals surface area (Å²) in [6.07, 6.45) is 1.47. The van der Waals surface area contributed by atoms with E-state index >= 15 is 0 Å². The summed E-state index contributed by atoms with van der Waals surface area (Å²) in [5.74, 6) is 0.0654. The number of aliphatic hydroxyl groups is 1. The number of benzene rings is 1. The molecule has 1 aromatic carbocycles. The zero-order chi connectivity index (χ0) is 15.7. The van der Waals surface area contributed by atoms with Gasteiger partial charge < -0.3 is 24.2 Å². The fourth-order valence-corrected chi connectivity index (χ4v) is 2.31. The molecule has 3 rings (SSSR count). The highest BCUT2D eigenvalue weighted by atomic mass is 32.1. The monoisotopic (exact) mass is 318 g/mol. The summed E-state index contributed by atoms with van der Waals surface area (Å²) in [6.45, 7) is 1.59. The summed E-state index contributed by atoms with van der Waals surface area (Å²) in [5, 5.41) is 13.0. The standard InChI is InChI=1S/C15H14N2O4S/c1-15(19,12-3-2-6-20-12)8-16-13(18)9-4-5-10-11(7-9)21-14(22)17-10/h2-7,19H,8H2,1H3,(H,16,18)(H,17,22)/t15-/m1/s1. The first kappa shape index (κ1) is 14.6. The number of rotatable bonds is 4. The lowest BCUT2D eigenvalue weighted by Crippen LogP contribution is -2.38. The molecule has 7 heteroatoms. The molecular weight excluding hydrogens is 304 g/mol. The van der Waals surface area contributed by atoms with Gasteiger partial charge in [-0.1, -0.05) is 0 Å². The fourth-order valence-electron chi connectivity index (χ4n) is 2.11. The lowest BCUT2D eigenvalue weighted by molar-refractivity contribution is 0.0330. The van der Waals surface area contributed by atoms with Gasteiger partial charge in [0.1, 0.15) is 11.4 Å². The van der Waals surface area contributed by atoms with Crippen molar-refractivity contribution in [3.05, 3.63) is 52.8 Å². The Morgan fingerprint density at radius 3 is 3.00 bits per heavy atom. The first-order chi connectivity index (χ1) is 10.5. The van der Waals surface area contributed by atoms with E-state index in [2.05, 4.69) is 10.3 Å². The number of aromatic amines is 1. The van der Waals surface area contributed by atoms with Gasteiger partial charge in [-0.15, -0.1) is 0 Å². The third-order valence-corrected chi connectivity index (χ3v) is 3.51. The van der Waals surface area contributed by atoms with Crippen LogP contribution in [0.15, 0.2) is 45.4 Å². The third-order valence-electron chi connectivity index (χ3n) is 3.33. The van der Waals surface area contributed by atoms with Crippen LogP contribution in [0, 0.1) is 4.84 Å². The van der Waals surface area contributed by atoms with Gasteiger partial charge in [-0.2, -0.15) is 0 Å². The van der Waals surface area contributed by atoms with Crippen LogP contribution in [0.4, 0.5) is 0 Å². The van der Waals surface area contributed by atoms with E-state index in [1.54, 1.807) is 37.3 Å². The van der Waals surface area contributed by atoms with Crippen LogP contribution in [0.5, 0.6) is 0 Å². The number of fused-ring (bicyclic) bond motifs is 1. The Hall–Kier alpha value is -2.38. The number of hydrogen-bond acceptors (Lipinski definition) is 5. The SMILES string of the molecule is C[C@@](O)(CNC(=O)c1ccc2[nH]c(=S)oc2c1)c1ccco1. The molecule has 0 unspecified atom stereocenters. The molecule has 3 N–H and O–H groups in total. The summed E-state index contributed by atoms with van der Waals surface area (Å²) >= 11 is 4.90. The molecule has 3 aromatic rings. The van der Waals surface area contributed by atoms with Crippen molar-refractivity contribution in [3.63, 3.8) is 0 Å². The Morgan fingerprint density at radius 1 is 1.45 bits per heavy atom. The van der Waals surface area contributed by atoms with Crippen molar-refractivity contribution in [3.8, 4) is 0 Å². The lowest BCUT2D eigenvalue weighted by Gasteiger charge is -2.21. The molecule has 2 aromatic heterocycles. The van der Waals surface area contributed by atoms with Crippen LogP contribution < -0.4 is 5.32 Å². The highest BCUT2D eigenvalue weighted by Gasteiger charge is 2.27. The molecule has 1 amide bonds. The predicted molar refractivity (Wildman–Crippen MR) is 82.0 cm³/mol. The van der Waals surface area contributed by atoms with Gasteiger partial charge in [0.05, 0.1) is 18.3 Å². The first-order valence-corrected chi connectivity index (χ1v) is 7.04. The van der Waals surface area contributed by atoms with E-state index in [0.29, 0.717) is 16.9 Å². The summed E-state index contributed by atoms with van der Waals surface area (Å²) in [5.41, 5.74) is 0.371. The number of aromatic nitrogens is 1. The minimum Gasteiger partial charge on any atom is -0.466 e. The molecule has 0 bridgehead atoms. The number of carbonyl (C=O) groups is 1. The highest BCUT2D eigenvalue weighted by Crippen LogP contribution is 2.20. The van der Waals surface area contributed by atoms with E-state index in [1.165, 1.54) is 6.26 Å². The molecule has 1 atom stereocenters. The van der Waals surface area contributed by atoms with Crippen LogP contribution in [-0.2, 0) is 5.60 Å². The zero-order valence-electron chi connectivity index (χ0n) is 11.8. The maximum atomic E-state index is 12.2. The topological polar surface area (TPSA) is 91.4 Å². The minimum atomic E-state index is -1.28. The van der Waals surface area contributed by atoms with Crippen molar-refractivity contribution in [2.45, 2.75) is 12.5 Å². The van der Waals surface area contributed by atoms with Gasteiger partial charge in [0.2, 0.25) is 0 Å². The van der Waals surface area contributed by atoms with Crippen LogP contribution in [0.2, 0.25) is 0 Å². The van der Waals surface area contributed by atoms with Crippen LogP contribution >= 0.6 is 12.2 Å². The second-order valence-corrected chi connectivity index (χ2v) is 5.53. The molecule has 0 saturated carbocycles. The van der Waals surface area contributed by atoms with Gasteiger partial charge in [-0.3, -0.25) is 4.79 Å². The second-order valence-electron chi connectivity index (χ2n) is 5.16. The lowest BCUT2D eigenvalue weighted by atomic mass is 10.0. The summed E-state index contributed by atoms with van der Waals surface area (Å²) in [7, 11) is 0. The van der Waals surface area contributed by atoms with Crippen molar-refractivity contribution in [2.75, 3.05) is 6.54 Å². The average molecular weight is 318 g/mol. The van der Waals surface area contributed by atoms with Crippen molar-refractivity contribution in [2.24, 2.45) is 0 Å². The van der Waals surface area contributed by atoms with Crippen LogP contribution in [0.1, 0.15) is 23.0 Å². The van der Waals surface area contributed by atoms with Crippen molar-refractivity contribution < 1.29 is 18.7 Å². The molecule has 0 aliphatic carbocycles. The van der Waals surface area contributed by atoms with Gasteiger partial charge in [-0.05, 0) is 49.5 Å². The van der Waals surface area contributed by atoms with Gasteiger partial charge >= 0.3 is 0 Å². The summed E-state index contributed by atoms with van der Waals surface area (Å²) in [4.78, 5) is 15.3. The average Bonchev–Trinajstić information content (AvgIpc) is 3.12. The van der Waals surface area contributed by atoms with E-state index < -0.39 is 5.60 Å². The molecule has 22 heavy (non-hydrogen) atoms. The number of nitrogens with one attached hydrogen (secondary N) is 2. The van der Waals surface area contributed by atoms with E-state index in [1.807, 2.05) is 0 Å². The Balaban J connectivity index is 1.74. The normalized spacial score (nSPS) is 13.9. The third kappa shape index (κ3) is 2.81. The van der Waals surface area contributed by atoms with Gasteiger partial charge in [-0.25, -0.2) is 0 Å². The van der Waals surface area contributed by atoms with E-state index in [9.17, 15) is 9.90 Å². The van der Waals surface area contributed by atoms with E-state index in [4.69, 9.17) is 21.1 Å². The van der Waals surface area contributed by atoms with E-state index in [0.717, 1.165) is 5.52 Å². The molecule has 0 aliphatic heterocycles. The highest BCUT2D eigenvalue weighted by molar-refractivity contribution is 7.71. The van der Waals surface area contributed by atoms with Crippen LogP contribution in [-0.4, -0.2) is 22.5 Å². The Morgan fingerprint density at radius 2 is 2.27 bits per heavy atom. The molecule has 0 aliphatic rings. The van der Waals surface area contributed by atoms with Crippen molar-refractivity contribution in [1.29, 1.82) is 0 Å². The number of oxazole rings is 1. The number of H-pyrrole nitrogens is 1. The second kappa shape index (κ2) is 5.43. The molecule has 0 saturated heterocycles. The molecule has 114 valence electrons. The molecule has 0 radical (unpaired) electrons. The van der Waals surface area contributed by atoms with Crippen molar-refractivity contribution >= 4 is 29.2 Å². The summed E-state index contributed by atoms with van der Waals surface area (Å²) < 4.78 is 10.4. The minimum absolute atomic E-state index is 0.0218. The van der Waals surface area contributed by atoms with E-state index in [-0.39, 0.29) is 17.3 Å². The molecule has 6 nitrogen and oxygen atoms in total. The first-order valence-electron chi connectivity index (χ1n) is 6.63. The largest absolute Gasteiger partial charge is 0.466 e. The van der Waals surface area contributed by atoms with Crippen LogP contribution in [0.25, 0.3) is 11.1 Å². The molecule has 0 fully saturated rings. The number of amides is 1. The smallest absolute Gasteiger partial charge is 0.266 e. The Kier molecular flexibility index (Phi) is 3.59. The van der Waals surface area contributed by atoms with Gasteiger partial charge in [0.25, 0.3) is 10.7 Å². The predicted octanol–water partition coefficient (Wildman–Crippen LogP) is 2.72. The fraction of sp³-hybridized carbons (Fsp3) is 0.200. The van der Waals surface area contributed by atoms with Gasteiger partial charge in [0.15, 0.2) is 5.58 Å². The number of carbonyl (C=O) groups excluding carboxylic acids is 1. The Labute approximate surface area is 130 Å². The molecule has 2 heterocycles. The Bertz CT molecular complexity index is 861. The summed E-state index contributed by atoms with van der Waals surface area (Å²) in [6, 6.07) is 8.30.